The second kappa shape index (κ2) is 5.34. The van der Waals surface area contributed by atoms with E-state index in [1.165, 1.54) is 19.4 Å². The molecule has 0 spiro atoms. The molecule has 90 valence electrons. The van der Waals surface area contributed by atoms with Crippen LogP contribution in [0.5, 0.6) is 0 Å². The molecular weight excluding hydrogens is 182 g/mol. The molecule has 1 nitrogen and oxygen atoms in total. The van der Waals surface area contributed by atoms with Crippen molar-refractivity contribution in [3.63, 3.8) is 0 Å². The van der Waals surface area contributed by atoms with Gasteiger partial charge in [0.1, 0.15) is 0 Å². The molecular formula is C14H29N. The van der Waals surface area contributed by atoms with Crippen molar-refractivity contribution in [2.45, 2.75) is 53.5 Å². The summed E-state index contributed by atoms with van der Waals surface area (Å²) in [5, 5.41) is 0. The molecule has 0 radical (unpaired) electrons. The maximum absolute atomic E-state index is 2.59. The van der Waals surface area contributed by atoms with E-state index in [4.69, 9.17) is 0 Å². The third kappa shape index (κ3) is 2.96. The molecule has 0 aliphatic carbocycles. The third-order valence-electron chi connectivity index (χ3n) is 4.50. The monoisotopic (exact) mass is 211 g/mol. The Bertz CT molecular complexity index is 188. The van der Waals surface area contributed by atoms with Gasteiger partial charge in [-0.1, -0.05) is 41.0 Å². The number of likely N-dealkylation sites (tertiary alicyclic amines) is 1. The average molecular weight is 211 g/mol. The summed E-state index contributed by atoms with van der Waals surface area (Å²) in [6, 6.07) is 0.836. The summed E-state index contributed by atoms with van der Waals surface area (Å²) in [6.07, 6.45) is 2.74. The van der Waals surface area contributed by atoms with Crippen LogP contribution in [0.25, 0.3) is 0 Å². The van der Waals surface area contributed by atoms with Gasteiger partial charge in [-0.2, -0.15) is 0 Å². The molecule has 0 aromatic rings. The normalized spacial score (nSPS) is 32.2. The van der Waals surface area contributed by atoms with Gasteiger partial charge in [0.15, 0.2) is 0 Å². The maximum atomic E-state index is 2.59. The zero-order valence-corrected chi connectivity index (χ0v) is 11.5. The first-order valence-electron chi connectivity index (χ1n) is 6.67. The van der Waals surface area contributed by atoms with Crippen LogP contribution in [0.1, 0.15) is 47.5 Å². The van der Waals surface area contributed by atoms with Gasteiger partial charge in [0, 0.05) is 12.6 Å². The van der Waals surface area contributed by atoms with Crippen LogP contribution in [-0.4, -0.2) is 24.5 Å². The number of nitrogens with zero attached hydrogens (tertiary/aromatic N) is 1. The predicted molar refractivity (Wildman–Crippen MR) is 68.0 cm³/mol. The molecule has 1 aliphatic heterocycles. The van der Waals surface area contributed by atoms with E-state index in [1.54, 1.807) is 0 Å². The minimum Gasteiger partial charge on any atom is -0.303 e. The first-order valence-corrected chi connectivity index (χ1v) is 6.67. The standard InChI is InChI=1S/C14H29N/c1-7-13(12(5)10(2)3)14-8-11(4)9-15(14)6/h10-14H,7-9H2,1-6H3. The fourth-order valence-electron chi connectivity index (χ4n) is 3.28. The lowest BCUT2D eigenvalue weighted by Crippen LogP contribution is -2.37. The molecule has 4 atom stereocenters. The molecule has 15 heavy (non-hydrogen) atoms. The molecule has 1 rings (SSSR count). The van der Waals surface area contributed by atoms with E-state index in [9.17, 15) is 0 Å². The van der Waals surface area contributed by atoms with Crippen LogP contribution in [0.3, 0.4) is 0 Å². The number of hydrogen-bond acceptors (Lipinski definition) is 1. The van der Waals surface area contributed by atoms with Gasteiger partial charge in [0.25, 0.3) is 0 Å². The Hall–Kier alpha value is -0.0400. The lowest BCUT2D eigenvalue weighted by Gasteiger charge is -2.34. The van der Waals surface area contributed by atoms with E-state index in [0.717, 1.165) is 29.7 Å². The maximum Gasteiger partial charge on any atom is 0.0126 e. The van der Waals surface area contributed by atoms with Crippen LogP contribution in [0.2, 0.25) is 0 Å². The van der Waals surface area contributed by atoms with Gasteiger partial charge >= 0.3 is 0 Å². The van der Waals surface area contributed by atoms with Crippen molar-refractivity contribution in [2.75, 3.05) is 13.6 Å². The van der Waals surface area contributed by atoms with Gasteiger partial charge in [-0.3, -0.25) is 0 Å². The number of hydrogen-bond donors (Lipinski definition) is 0. The number of rotatable bonds is 4. The Labute approximate surface area is 96.2 Å². The molecule has 1 aliphatic rings. The van der Waals surface area contributed by atoms with E-state index in [0.29, 0.717) is 0 Å². The molecule has 0 aromatic carbocycles. The van der Waals surface area contributed by atoms with E-state index >= 15 is 0 Å². The summed E-state index contributed by atoms with van der Waals surface area (Å²) in [4.78, 5) is 2.59. The zero-order valence-electron chi connectivity index (χ0n) is 11.5. The highest BCUT2D eigenvalue weighted by Crippen LogP contribution is 2.35. The summed E-state index contributed by atoms with van der Waals surface area (Å²) in [5.74, 6) is 3.46. The smallest absolute Gasteiger partial charge is 0.0126 e. The Morgan fingerprint density at radius 1 is 1.27 bits per heavy atom. The summed E-state index contributed by atoms with van der Waals surface area (Å²) < 4.78 is 0. The van der Waals surface area contributed by atoms with Gasteiger partial charge in [-0.05, 0) is 37.1 Å². The molecule has 1 fully saturated rings. The summed E-state index contributed by atoms with van der Waals surface area (Å²) in [7, 11) is 2.31. The van der Waals surface area contributed by atoms with Gasteiger partial charge in [-0.25, -0.2) is 0 Å². The molecule has 0 amide bonds. The second-order valence-corrected chi connectivity index (χ2v) is 6.02. The minimum absolute atomic E-state index is 0.819. The third-order valence-corrected chi connectivity index (χ3v) is 4.50. The average Bonchev–Trinajstić information content (AvgIpc) is 2.47. The molecule has 0 bridgehead atoms. The van der Waals surface area contributed by atoms with Crippen molar-refractivity contribution in [1.29, 1.82) is 0 Å². The van der Waals surface area contributed by atoms with Crippen molar-refractivity contribution in [1.82, 2.24) is 4.90 Å². The van der Waals surface area contributed by atoms with Crippen LogP contribution in [0, 0.1) is 23.7 Å². The minimum atomic E-state index is 0.819. The topological polar surface area (TPSA) is 3.24 Å². The molecule has 1 heterocycles. The fraction of sp³-hybridized carbons (Fsp3) is 1.00. The molecule has 0 N–H and O–H groups in total. The van der Waals surface area contributed by atoms with Crippen LogP contribution >= 0.6 is 0 Å². The van der Waals surface area contributed by atoms with Crippen molar-refractivity contribution < 1.29 is 0 Å². The summed E-state index contributed by atoms with van der Waals surface area (Å²) in [5.41, 5.74) is 0. The Kier molecular flexibility index (Phi) is 4.64. The lowest BCUT2D eigenvalue weighted by molar-refractivity contribution is 0.145. The fourth-order valence-corrected chi connectivity index (χ4v) is 3.28. The Morgan fingerprint density at radius 3 is 2.20 bits per heavy atom. The highest BCUT2D eigenvalue weighted by Gasteiger charge is 2.35. The highest BCUT2D eigenvalue weighted by atomic mass is 15.2. The van der Waals surface area contributed by atoms with Crippen LogP contribution in [0.4, 0.5) is 0 Å². The first kappa shape index (κ1) is 13.0. The predicted octanol–water partition coefficient (Wildman–Crippen LogP) is 3.64. The van der Waals surface area contributed by atoms with Gasteiger partial charge in [0.05, 0.1) is 0 Å². The SMILES string of the molecule is CCC(C(C)C(C)C)C1CC(C)CN1C. The van der Waals surface area contributed by atoms with Crippen molar-refractivity contribution >= 4 is 0 Å². The van der Waals surface area contributed by atoms with Gasteiger partial charge in [-0.15, -0.1) is 0 Å². The van der Waals surface area contributed by atoms with Gasteiger partial charge in [0.2, 0.25) is 0 Å². The van der Waals surface area contributed by atoms with Crippen LogP contribution < -0.4 is 0 Å². The molecule has 0 saturated carbocycles. The Morgan fingerprint density at radius 2 is 1.87 bits per heavy atom. The first-order chi connectivity index (χ1) is 6.97. The van der Waals surface area contributed by atoms with Crippen molar-refractivity contribution in [3.05, 3.63) is 0 Å². The lowest BCUT2D eigenvalue weighted by atomic mass is 9.77. The quantitative estimate of drug-likeness (QED) is 0.686. The van der Waals surface area contributed by atoms with Crippen LogP contribution in [-0.2, 0) is 0 Å². The van der Waals surface area contributed by atoms with E-state index in [1.807, 2.05) is 0 Å². The van der Waals surface area contributed by atoms with Crippen molar-refractivity contribution in [2.24, 2.45) is 23.7 Å². The molecule has 1 saturated heterocycles. The summed E-state index contributed by atoms with van der Waals surface area (Å²) in [6.45, 7) is 13.2. The van der Waals surface area contributed by atoms with Crippen LogP contribution in [0.15, 0.2) is 0 Å². The largest absolute Gasteiger partial charge is 0.303 e. The second-order valence-electron chi connectivity index (χ2n) is 6.02. The van der Waals surface area contributed by atoms with E-state index in [-0.39, 0.29) is 0 Å². The van der Waals surface area contributed by atoms with Crippen molar-refractivity contribution in [3.8, 4) is 0 Å². The zero-order chi connectivity index (χ0) is 11.6. The van der Waals surface area contributed by atoms with E-state index < -0.39 is 0 Å². The van der Waals surface area contributed by atoms with E-state index in [2.05, 4.69) is 46.6 Å². The molecule has 0 aromatic heterocycles. The molecule has 1 heteroatoms. The highest BCUT2D eigenvalue weighted by molar-refractivity contribution is 4.88. The molecule has 4 unspecified atom stereocenters. The Balaban J connectivity index is 2.66. The summed E-state index contributed by atoms with van der Waals surface area (Å²) >= 11 is 0. The van der Waals surface area contributed by atoms with Gasteiger partial charge < -0.3 is 4.90 Å².